The van der Waals surface area contributed by atoms with Crippen LogP contribution in [-0.2, 0) is 19.1 Å². The van der Waals surface area contributed by atoms with Crippen molar-refractivity contribution in [3.8, 4) is 0 Å². The van der Waals surface area contributed by atoms with Gasteiger partial charge in [-0.3, -0.25) is 9.59 Å². The SMILES string of the molecule is CCC1C2CC3C(OC(=O)C13C)C2C(=O)OCC(C)C. The van der Waals surface area contributed by atoms with Gasteiger partial charge < -0.3 is 9.47 Å². The van der Waals surface area contributed by atoms with Crippen molar-refractivity contribution in [2.75, 3.05) is 6.61 Å². The molecule has 4 nitrogen and oxygen atoms in total. The van der Waals surface area contributed by atoms with Crippen molar-refractivity contribution in [1.82, 2.24) is 0 Å². The van der Waals surface area contributed by atoms with E-state index in [0.717, 1.165) is 12.8 Å². The number of ether oxygens (including phenoxy) is 2. The smallest absolute Gasteiger partial charge is 0.313 e. The molecule has 0 amide bonds. The van der Waals surface area contributed by atoms with E-state index in [1.165, 1.54) is 0 Å². The first-order chi connectivity index (χ1) is 9.41. The number of carbonyl (C=O) groups excluding carboxylic acids is 2. The molecule has 3 fully saturated rings. The largest absolute Gasteiger partial charge is 0.465 e. The molecule has 20 heavy (non-hydrogen) atoms. The first-order valence-corrected chi connectivity index (χ1v) is 7.79. The summed E-state index contributed by atoms with van der Waals surface area (Å²) >= 11 is 0. The first-order valence-electron chi connectivity index (χ1n) is 7.79. The highest BCUT2D eigenvalue weighted by Gasteiger charge is 2.73. The van der Waals surface area contributed by atoms with Gasteiger partial charge in [0.15, 0.2) is 0 Å². The van der Waals surface area contributed by atoms with Crippen LogP contribution in [0.3, 0.4) is 0 Å². The molecule has 6 atom stereocenters. The molecule has 3 aliphatic rings. The molecule has 0 N–H and O–H groups in total. The third kappa shape index (κ3) is 1.60. The Kier molecular flexibility index (Phi) is 3.11. The summed E-state index contributed by atoms with van der Waals surface area (Å²) in [6, 6.07) is 0. The van der Waals surface area contributed by atoms with Crippen molar-refractivity contribution in [2.45, 2.75) is 46.6 Å². The minimum Gasteiger partial charge on any atom is -0.465 e. The standard InChI is InChI=1S/C16H24O4/c1-5-10-9-6-11-13(20-15(18)16(10,11)4)12(9)14(17)19-7-8(2)3/h8-13H,5-7H2,1-4H3. The second-order valence-electron chi connectivity index (χ2n) is 7.22. The van der Waals surface area contributed by atoms with Crippen LogP contribution in [0.4, 0.5) is 0 Å². The van der Waals surface area contributed by atoms with E-state index in [-0.39, 0.29) is 47.1 Å². The van der Waals surface area contributed by atoms with Gasteiger partial charge in [-0.2, -0.15) is 0 Å². The number of hydrogen-bond acceptors (Lipinski definition) is 4. The number of hydrogen-bond donors (Lipinski definition) is 0. The molecule has 112 valence electrons. The molecule has 6 unspecified atom stereocenters. The molecule has 2 bridgehead atoms. The van der Waals surface area contributed by atoms with E-state index in [1.54, 1.807) is 0 Å². The van der Waals surface area contributed by atoms with Gasteiger partial charge in [-0.15, -0.1) is 0 Å². The Bertz CT molecular complexity index is 444. The van der Waals surface area contributed by atoms with Crippen LogP contribution in [0.25, 0.3) is 0 Å². The van der Waals surface area contributed by atoms with Gasteiger partial charge in [0.05, 0.1) is 17.9 Å². The summed E-state index contributed by atoms with van der Waals surface area (Å²) in [5, 5.41) is 0. The Hall–Kier alpha value is -1.06. The normalized spacial score (nSPS) is 45.0. The summed E-state index contributed by atoms with van der Waals surface area (Å²) in [7, 11) is 0. The van der Waals surface area contributed by atoms with E-state index < -0.39 is 0 Å². The van der Waals surface area contributed by atoms with E-state index in [0.29, 0.717) is 12.5 Å². The fraction of sp³-hybridized carbons (Fsp3) is 0.875. The molecule has 4 heteroatoms. The van der Waals surface area contributed by atoms with Crippen LogP contribution >= 0.6 is 0 Å². The number of fused-ring (bicyclic) bond motifs is 1. The zero-order chi connectivity index (χ0) is 14.7. The van der Waals surface area contributed by atoms with Gasteiger partial charge in [0.25, 0.3) is 0 Å². The van der Waals surface area contributed by atoms with Crippen LogP contribution in [0.1, 0.15) is 40.5 Å². The fourth-order valence-electron chi connectivity index (χ4n) is 4.88. The summed E-state index contributed by atoms with van der Waals surface area (Å²) in [5.41, 5.74) is -0.362. The van der Waals surface area contributed by atoms with Crippen molar-refractivity contribution in [2.24, 2.45) is 35.0 Å². The number of rotatable bonds is 4. The summed E-state index contributed by atoms with van der Waals surface area (Å²) in [4.78, 5) is 24.6. The maximum absolute atomic E-state index is 12.4. The lowest BCUT2D eigenvalue weighted by molar-refractivity contribution is -0.157. The molecule has 0 aromatic rings. The maximum atomic E-state index is 12.4. The first kappa shape index (κ1) is 13.9. The summed E-state index contributed by atoms with van der Waals surface area (Å²) in [5.74, 6) is 0.564. The monoisotopic (exact) mass is 280 g/mol. The average molecular weight is 280 g/mol. The molecule has 1 heterocycles. The Morgan fingerprint density at radius 3 is 2.80 bits per heavy atom. The van der Waals surface area contributed by atoms with Crippen molar-refractivity contribution in [3.05, 3.63) is 0 Å². The summed E-state index contributed by atoms with van der Waals surface area (Å²) in [6.45, 7) is 8.63. The highest BCUT2D eigenvalue weighted by atomic mass is 16.6. The van der Waals surface area contributed by atoms with Gasteiger partial charge >= 0.3 is 11.9 Å². The Labute approximate surface area is 120 Å². The van der Waals surface area contributed by atoms with Gasteiger partial charge in [0.1, 0.15) is 6.10 Å². The molecule has 3 rings (SSSR count). The predicted octanol–water partition coefficient (Wildman–Crippen LogP) is 2.41. The second-order valence-corrected chi connectivity index (χ2v) is 7.22. The van der Waals surface area contributed by atoms with Crippen LogP contribution in [0.15, 0.2) is 0 Å². The molecule has 2 aliphatic carbocycles. The van der Waals surface area contributed by atoms with E-state index >= 15 is 0 Å². The van der Waals surface area contributed by atoms with Crippen LogP contribution in [-0.4, -0.2) is 24.6 Å². The van der Waals surface area contributed by atoms with Crippen LogP contribution < -0.4 is 0 Å². The Morgan fingerprint density at radius 1 is 1.50 bits per heavy atom. The van der Waals surface area contributed by atoms with E-state index in [1.807, 2.05) is 20.8 Å². The molecule has 0 aromatic carbocycles. The zero-order valence-electron chi connectivity index (χ0n) is 12.7. The predicted molar refractivity (Wildman–Crippen MR) is 72.7 cm³/mol. The van der Waals surface area contributed by atoms with Gasteiger partial charge in [-0.05, 0) is 31.1 Å². The molecule has 1 saturated heterocycles. The fourth-order valence-corrected chi connectivity index (χ4v) is 4.88. The second kappa shape index (κ2) is 4.47. The third-order valence-corrected chi connectivity index (χ3v) is 5.75. The lowest BCUT2D eigenvalue weighted by Gasteiger charge is -2.35. The number of carbonyl (C=O) groups is 2. The van der Waals surface area contributed by atoms with E-state index in [2.05, 4.69) is 6.92 Å². The highest BCUT2D eigenvalue weighted by molar-refractivity contribution is 5.84. The molecule has 1 aliphatic heterocycles. The minimum absolute atomic E-state index is 0.0963. The lowest BCUT2D eigenvalue weighted by Crippen LogP contribution is -2.43. The Balaban J connectivity index is 1.83. The maximum Gasteiger partial charge on any atom is 0.313 e. The highest BCUT2D eigenvalue weighted by Crippen LogP contribution is 2.67. The topological polar surface area (TPSA) is 52.6 Å². The molecular weight excluding hydrogens is 256 g/mol. The molecule has 0 aromatic heterocycles. The molecule has 0 radical (unpaired) electrons. The van der Waals surface area contributed by atoms with Gasteiger partial charge in [-0.1, -0.05) is 27.2 Å². The zero-order valence-corrected chi connectivity index (χ0v) is 12.7. The molecular formula is C16H24O4. The quantitative estimate of drug-likeness (QED) is 0.742. The average Bonchev–Trinajstić information content (AvgIpc) is 2.94. The van der Waals surface area contributed by atoms with Crippen molar-refractivity contribution < 1.29 is 19.1 Å². The summed E-state index contributed by atoms with van der Waals surface area (Å²) in [6.07, 6.45) is 1.63. The van der Waals surface area contributed by atoms with Gasteiger partial charge in [0, 0.05) is 5.92 Å². The van der Waals surface area contributed by atoms with Crippen LogP contribution in [0.5, 0.6) is 0 Å². The van der Waals surface area contributed by atoms with Gasteiger partial charge in [-0.25, -0.2) is 0 Å². The van der Waals surface area contributed by atoms with Crippen molar-refractivity contribution >= 4 is 11.9 Å². The molecule has 2 saturated carbocycles. The third-order valence-electron chi connectivity index (χ3n) is 5.75. The van der Waals surface area contributed by atoms with E-state index in [9.17, 15) is 9.59 Å². The van der Waals surface area contributed by atoms with Crippen molar-refractivity contribution in [1.29, 1.82) is 0 Å². The van der Waals surface area contributed by atoms with Gasteiger partial charge in [0.2, 0.25) is 0 Å². The Morgan fingerprint density at radius 2 is 2.20 bits per heavy atom. The van der Waals surface area contributed by atoms with Crippen LogP contribution in [0.2, 0.25) is 0 Å². The minimum atomic E-state index is -0.362. The lowest BCUT2D eigenvalue weighted by atomic mass is 9.64. The molecule has 0 spiro atoms. The number of esters is 2. The van der Waals surface area contributed by atoms with E-state index in [4.69, 9.17) is 9.47 Å². The van der Waals surface area contributed by atoms with Crippen LogP contribution in [0, 0.1) is 35.0 Å². The summed E-state index contributed by atoms with van der Waals surface area (Å²) < 4.78 is 11.0. The van der Waals surface area contributed by atoms with Crippen molar-refractivity contribution in [3.63, 3.8) is 0 Å².